The highest BCUT2D eigenvalue weighted by Crippen LogP contribution is 2.77. The van der Waals surface area contributed by atoms with Gasteiger partial charge in [0.1, 0.15) is 5.78 Å². The van der Waals surface area contributed by atoms with Crippen LogP contribution in [0.1, 0.15) is 19.3 Å². The Morgan fingerprint density at radius 2 is 1.77 bits per heavy atom. The molecule has 0 aromatic carbocycles. The summed E-state index contributed by atoms with van der Waals surface area (Å²) < 4.78 is 0. The Bertz CT molecular complexity index is 332. The van der Waals surface area contributed by atoms with Gasteiger partial charge in [0.05, 0.1) is 0 Å². The fourth-order valence-electron chi connectivity index (χ4n) is 6.40. The maximum Gasteiger partial charge on any atom is 0.139 e. The summed E-state index contributed by atoms with van der Waals surface area (Å²) >= 11 is 0. The van der Waals surface area contributed by atoms with E-state index >= 15 is 0 Å². The lowest BCUT2D eigenvalue weighted by Gasteiger charge is -2.26. The van der Waals surface area contributed by atoms with Gasteiger partial charge in [-0.25, -0.2) is 0 Å². The minimum absolute atomic E-state index is 0.558. The summed E-state index contributed by atoms with van der Waals surface area (Å²) in [6.45, 7) is 0. The highest BCUT2D eigenvalue weighted by atomic mass is 16.1. The van der Waals surface area contributed by atoms with Gasteiger partial charge in [-0.15, -0.1) is 0 Å². The summed E-state index contributed by atoms with van der Waals surface area (Å²) in [7, 11) is 0. The Hall–Kier alpha value is -0.330. The lowest BCUT2D eigenvalue weighted by atomic mass is 9.77. The molecule has 0 aromatic rings. The number of carbonyl (C=O) groups is 1. The molecular weight excluding hydrogens is 160 g/mol. The van der Waals surface area contributed by atoms with Crippen LogP contribution in [0.15, 0.2) is 0 Å². The van der Waals surface area contributed by atoms with E-state index in [-0.39, 0.29) is 0 Å². The van der Waals surface area contributed by atoms with Crippen LogP contribution in [0.5, 0.6) is 0 Å². The van der Waals surface area contributed by atoms with Gasteiger partial charge in [-0.1, -0.05) is 0 Å². The SMILES string of the molecule is O=C1[C@@H]2[C@@H]3C[C@H]4C[C@H]3[C@H]3[C@@H]2C[C@H]1[C@H]43. The van der Waals surface area contributed by atoms with Crippen LogP contribution in [0.2, 0.25) is 0 Å². The molecule has 0 aromatic heterocycles. The predicted molar refractivity (Wildman–Crippen MR) is 46.8 cm³/mol. The molecule has 13 heavy (non-hydrogen) atoms. The molecule has 5 aliphatic rings. The van der Waals surface area contributed by atoms with Crippen molar-refractivity contribution < 1.29 is 4.79 Å². The average Bonchev–Trinajstić information content (AvgIpc) is 2.74. The monoisotopic (exact) mass is 174 g/mol. The number of Topliss-reactive ketones (excluding diaryl/α,β-unsaturated/α-hetero) is 1. The second-order valence-electron chi connectivity index (χ2n) is 6.15. The third kappa shape index (κ3) is 0.409. The van der Waals surface area contributed by atoms with Crippen molar-refractivity contribution in [3.8, 4) is 0 Å². The minimum Gasteiger partial charge on any atom is -0.299 e. The normalized spacial score (nSPS) is 74.9. The van der Waals surface area contributed by atoms with Crippen molar-refractivity contribution >= 4 is 5.78 Å². The second-order valence-corrected chi connectivity index (χ2v) is 6.15. The van der Waals surface area contributed by atoms with E-state index < -0.39 is 0 Å². The summed E-state index contributed by atoms with van der Waals surface area (Å²) in [5.74, 6) is 7.52. The van der Waals surface area contributed by atoms with E-state index in [2.05, 4.69) is 0 Å². The van der Waals surface area contributed by atoms with Crippen LogP contribution in [0, 0.1) is 47.3 Å². The van der Waals surface area contributed by atoms with Crippen LogP contribution in [0.4, 0.5) is 0 Å². The summed E-state index contributed by atoms with van der Waals surface area (Å²) in [6.07, 6.45) is 4.26. The molecule has 1 heteroatoms. The van der Waals surface area contributed by atoms with Crippen LogP contribution >= 0.6 is 0 Å². The van der Waals surface area contributed by atoms with Crippen molar-refractivity contribution in [1.29, 1.82) is 0 Å². The maximum absolute atomic E-state index is 12.1. The van der Waals surface area contributed by atoms with Crippen molar-refractivity contribution in [3.63, 3.8) is 0 Å². The summed E-state index contributed by atoms with van der Waals surface area (Å²) in [4.78, 5) is 12.1. The first-order valence-electron chi connectivity index (χ1n) is 5.90. The fourth-order valence-corrected chi connectivity index (χ4v) is 6.40. The van der Waals surface area contributed by atoms with E-state index in [0.29, 0.717) is 17.6 Å². The molecule has 5 rings (SSSR count). The first-order chi connectivity index (χ1) is 6.36. The standard InChI is InChI=1S/C12H14O/c13-12-8-3-7-10-5-1-4(9(8)10)2-6(5)11(7)12/h4-11H,1-3H2/t4-,5-,6-,7+,8+,9+,10+,11-/m1/s1. The zero-order valence-electron chi connectivity index (χ0n) is 7.65. The molecule has 68 valence electrons. The van der Waals surface area contributed by atoms with Gasteiger partial charge < -0.3 is 0 Å². The maximum atomic E-state index is 12.1. The molecule has 4 bridgehead atoms. The van der Waals surface area contributed by atoms with Crippen molar-refractivity contribution in [3.05, 3.63) is 0 Å². The van der Waals surface area contributed by atoms with Crippen LogP contribution in [-0.4, -0.2) is 5.78 Å². The molecule has 1 nitrogen and oxygen atoms in total. The highest BCUT2D eigenvalue weighted by Gasteiger charge is 2.75. The third-order valence-electron chi connectivity index (χ3n) is 6.28. The van der Waals surface area contributed by atoms with Gasteiger partial charge in [-0.2, -0.15) is 0 Å². The van der Waals surface area contributed by atoms with Gasteiger partial charge >= 0.3 is 0 Å². The number of hydrogen-bond acceptors (Lipinski definition) is 1. The predicted octanol–water partition coefficient (Wildman–Crippen LogP) is 1.72. The Labute approximate surface area is 77.9 Å². The number of hydrogen-bond donors (Lipinski definition) is 0. The number of ketones is 1. The number of rotatable bonds is 0. The zero-order chi connectivity index (χ0) is 8.32. The Morgan fingerprint density at radius 3 is 2.69 bits per heavy atom. The molecule has 0 amide bonds. The highest BCUT2D eigenvalue weighted by molar-refractivity contribution is 5.89. The quantitative estimate of drug-likeness (QED) is 0.546. The van der Waals surface area contributed by atoms with Crippen molar-refractivity contribution in [1.82, 2.24) is 0 Å². The molecule has 0 spiro atoms. The van der Waals surface area contributed by atoms with Gasteiger partial charge in [0.25, 0.3) is 0 Å². The minimum atomic E-state index is 0.558. The van der Waals surface area contributed by atoms with Gasteiger partial charge in [0.15, 0.2) is 0 Å². The summed E-state index contributed by atoms with van der Waals surface area (Å²) in [6, 6.07) is 0. The topological polar surface area (TPSA) is 17.1 Å². The molecule has 8 atom stereocenters. The molecule has 0 saturated heterocycles. The third-order valence-corrected chi connectivity index (χ3v) is 6.28. The summed E-state index contributed by atoms with van der Waals surface area (Å²) in [5, 5.41) is 0. The van der Waals surface area contributed by atoms with Gasteiger partial charge in [-0.05, 0) is 54.8 Å². The van der Waals surface area contributed by atoms with E-state index in [1.165, 1.54) is 19.3 Å². The van der Waals surface area contributed by atoms with Gasteiger partial charge in [0.2, 0.25) is 0 Å². The Kier molecular flexibility index (Phi) is 0.721. The summed E-state index contributed by atoms with van der Waals surface area (Å²) in [5.41, 5.74) is 0. The number of fused-ring (bicyclic) bond motifs is 5. The largest absolute Gasteiger partial charge is 0.299 e. The lowest BCUT2D eigenvalue weighted by Crippen LogP contribution is -2.28. The lowest BCUT2D eigenvalue weighted by molar-refractivity contribution is -0.127. The number of carbonyl (C=O) groups excluding carboxylic acids is 1. The van der Waals surface area contributed by atoms with E-state index in [1.54, 1.807) is 0 Å². The van der Waals surface area contributed by atoms with Crippen LogP contribution in [0.3, 0.4) is 0 Å². The Morgan fingerprint density at radius 1 is 0.923 bits per heavy atom. The molecular formula is C12H14O. The first kappa shape index (κ1) is 6.21. The molecule has 5 fully saturated rings. The van der Waals surface area contributed by atoms with E-state index in [9.17, 15) is 4.79 Å². The van der Waals surface area contributed by atoms with Crippen molar-refractivity contribution in [2.24, 2.45) is 47.3 Å². The molecule has 0 aliphatic heterocycles. The first-order valence-corrected chi connectivity index (χ1v) is 5.90. The van der Waals surface area contributed by atoms with Crippen molar-refractivity contribution in [2.75, 3.05) is 0 Å². The Balaban J connectivity index is 1.87. The van der Waals surface area contributed by atoms with Gasteiger partial charge in [-0.3, -0.25) is 4.79 Å². The van der Waals surface area contributed by atoms with E-state index in [4.69, 9.17) is 0 Å². The zero-order valence-corrected chi connectivity index (χ0v) is 7.65. The van der Waals surface area contributed by atoms with E-state index in [1.807, 2.05) is 0 Å². The average molecular weight is 174 g/mol. The van der Waals surface area contributed by atoms with Gasteiger partial charge in [0, 0.05) is 11.8 Å². The molecule has 5 aliphatic carbocycles. The van der Waals surface area contributed by atoms with E-state index in [0.717, 1.165) is 35.5 Å². The van der Waals surface area contributed by atoms with Crippen molar-refractivity contribution in [2.45, 2.75) is 19.3 Å². The fraction of sp³-hybridized carbons (Fsp3) is 0.917. The molecule has 0 unspecified atom stereocenters. The molecule has 0 radical (unpaired) electrons. The molecule has 0 heterocycles. The van der Waals surface area contributed by atoms with Crippen LogP contribution in [0.25, 0.3) is 0 Å². The molecule has 0 N–H and O–H groups in total. The second kappa shape index (κ2) is 1.51. The smallest absolute Gasteiger partial charge is 0.139 e. The van der Waals surface area contributed by atoms with Crippen LogP contribution in [-0.2, 0) is 4.79 Å². The molecule has 5 saturated carbocycles. The van der Waals surface area contributed by atoms with Crippen LogP contribution < -0.4 is 0 Å².